The predicted octanol–water partition coefficient (Wildman–Crippen LogP) is 8.08. The first-order valence-corrected chi connectivity index (χ1v) is 11.9. The van der Waals surface area contributed by atoms with Crippen LogP contribution in [0.15, 0.2) is 101 Å². The van der Waals surface area contributed by atoms with Crippen LogP contribution >= 0.6 is 11.6 Å². The van der Waals surface area contributed by atoms with Crippen LogP contribution in [0.4, 0.5) is 22.7 Å². The highest BCUT2D eigenvalue weighted by atomic mass is 35.5. The Kier molecular flexibility index (Phi) is 5.47. The lowest BCUT2D eigenvalue weighted by Gasteiger charge is -2.12. The summed E-state index contributed by atoms with van der Waals surface area (Å²) in [4.78, 5) is 16.7. The topological polar surface area (TPSA) is 116 Å². The van der Waals surface area contributed by atoms with Crippen LogP contribution in [0, 0.1) is 0 Å². The lowest BCUT2D eigenvalue weighted by molar-refractivity contribution is 0.102. The van der Waals surface area contributed by atoms with E-state index >= 15 is 0 Å². The molecule has 1 heterocycles. The average molecular weight is 506 g/mol. The molecule has 180 valence electrons. The fourth-order valence-electron chi connectivity index (χ4n) is 4.43. The molecule has 5 aromatic carbocycles. The Labute approximate surface area is 216 Å². The second-order valence-electron chi connectivity index (χ2n) is 8.63. The maximum atomic E-state index is 13.2. The van der Waals surface area contributed by atoms with Gasteiger partial charge in [-0.1, -0.05) is 41.9 Å². The first-order valence-electron chi connectivity index (χ1n) is 11.5. The number of phenols is 1. The molecule has 0 saturated heterocycles. The number of nitrogens with zero attached hydrogens (tertiary/aromatic N) is 2. The third-order valence-electron chi connectivity index (χ3n) is 6.24. The lowest BCUT2D eigenvalue weighted by Crippen LogP contribution is -2.12. The summed E-state index contributed by atoms with van der Waals surface area (Å²) in [6.07, 6.45) is 0. The highest BCUT2D eigenvalue weighted by molar-refractivity contribution is 6.30. The van der Waals surface area contributed by atoms with Crippen LogP contribution in [-0.2, 0) is 0 Å². The van der Waals surface area contributed by atoms with Gasteiger partial charge in [-0.25, -0.2) is 0 Å². The maximum Gasteiger partial charge on any atom is 0.259 e. The van der Waals surface area contributed by atoms with Gasteiger partial charge in [0.25, 0.3) is 5.91 Å². The number of rotatable bonds is 4. The van der Waals surface area contributed by atoms with Gasteiger partial charge in [0.2, 0.25) is 0 Å². The van der Waals surface area contributed by atoms with Gasteiger partial charge in [0.15, 0.2) is 5.75 Å². The Hall–Kier alpha value is -4.88. The Balaban J connectivity index is 1.56. The normalized spacial score (nSPS) is 11.6. The van der Waals surface area contributed by atoms with Crippen molar-refractivity contribution < 1.29 is 9.90 Å². The molecule has 1 aromatic heterocycles. The van der Waals surface area contributed by atoms with E-state index in [1.165, 1.54) is 0 Å². The molecule has 8 heteroatoms. The van der Waals surface area contributed by atoms with E-state index in [1.807, 2.05) is 36.4 Å². The van der Waals surface area contributed by atoms with E-state index in [1.54, 1.807) is 54.6 Å². The summed E-state index contributed by atoms with van der Waals surface area (Å²) in [5, 5.41) is 26.9. The van der Waals surface area contributed by atoms with Gasteiger partial charge < -0.3 is 21.1 Å². The van der Waals surface area contributed by atoms with E-state index in [9.17, 15) is 9.90 Å². The van der Waals surface area contributed by atoms with Crippen LogP contribution in [0.1, 0.15) is 10.4 Å². The Bertz CT molecular complexity index is 1840. The molecule has 6 aromatic rings. The van der Waals surface area contributed by atoms with Gasteiger partial charge in [0.1, 0.15) is 5.69 Å². The van der Waals surface area contributed by atoms with Crippen molar-refractivity contribution >= 4 is 72.8 Å². The second-order valence-corrected chi connectivity index (χ2v) is 9.07. The number of fused-ring (bicyclic) bond motifs is 5. The van der Waals surface area contributed by atoms with E-state index in [4.69, 9.17) is 17.3 Å². The van der Waals surface area contributed by atoms with Crippen molar-refractivity contribution in [2.45, 2.75) is 0 Å². The average Bonchev–Trinajstić information content (AvgIpc) is 3.29. The van der Waals surface area contributed by atoms with Crippen molar-refractivity contribution in [3.05, 3.63) is 102 Å². The van der Waals surface area contributed by atoms with Crippen molar-refractivity contribution in [3.8, 4) is 5.75 Å². The van der Waals surface area contributed by atoms with Crippen molar-refractivity contribution in [1.82, 2.24) is 4.98 Å². The Morgan fingerprint density at radius 1 is 0.892 bits per heavy atom. The highest BCUT2D eigenvalue weighted by Crippen LogP contribution is 2.44. The van der Waals surface area contributed by atoms with E-state index in [-0.39, 0.29) is 17.0 Å². The number of phenolic OH excluding ortho intramolecular Hbond substituents is 1. The minimum absolute atomic E-state index is 0.0733. The number of nitrogens with one attached hydrogen (secondary N) is 2. The minimum atomic E-state index is -0.484. The molecule has 0 radical (unpaired) electrons. The van der Waals surface area contributed by atoms with Gasteiger partial charge in [0.05, 0.1) is 16.8 Å². The lowest BCUT2D eigenvalue weighted by atomic mass is 10.00. The van der Waals surface area contributed by atoms with Crippen LogP contribution < -0.4 is 11.1 Å². The SMILES string of the molecule is Nc1ccc(N=Nc2c(O)c(C(=O)Nc3ccc(Cl)cc3)cc3ccc4c5ccccc5[nH]c4c23)cc1. The summed E-state index contributed by atoms with van der Waals surface area (Å²) in [5.74, 6) is -0.758. The van der Waals surface area contributed by atoms with E-state index in [0.29, 0.717) is 27.5 Å². The highest BCUT2D eigenvalue weighted by Gasteiger charge is 2.21. The van der Waals surface area contributed by atoms with Crippen LogP contribution in [0.2, 0.25) is 5.02 Å². The number of anilines is 2. The van der Waals surface area contributed by atoms with Crippen LogP contribution in [0.5, 0.6) is 5.75 Å². The third kappa shape index (κ3) is 4.11. The molecular weight excluding hydrogens is 486 g/mol. The standard InChI is InChI=1S/C29H20ClN5O2/c30-17-6-10-19(11-7-17)32-29(37)23-15-16-5-14-22-21-3-1-2-4-24(21)33-26(22)25(16)27(28(23)36)35-34-20-12-8-18(31)9-13-20/h1-15,33,36H,31H2,(H,32,37). The molecule has 37 heavy (non-hydrogen) atoms. The summed E-state index contributed by atoms with van der Waals surface area (Å²) in [7, 11) is 0. The zero-order valence-corrected chi connectivity index (χ0v) is 20.1. The Morgan fingerprint density at radius 2 is 1.65 bits per heavy atom. The van der Waals surface area contributed by atoms with Crippen molar-refractivity contribution in [3.63, 3.8) is 0 Å². The number of nitrogen functional groups attached to an aromatic ring is 1. The number of nitrogens with two attached hydrogens (primary N) is 1. The number of aromatic nitrogens is 1. The number of H-pyrrole nitrogens is 1. The van der Waals surface area contributed by atoms with Crippen LogP contribution in [0.3, 0.4) is 0 Å². The maximum absolute atomic E-state index is 13.2. The molecule has 0 aliphatic carbocycles. The number of aromatic hydroxyl groups is 1. The minimum Gasteiger partial charge on any atom is -0.505 e. The van der Waals surface area contributed by atoms with Gasteiger partial charge in [-0.3, -0.25) is 4.79 Å². The molecule has 0 aliphatic heterocycles. The van der Waals surface area contributed by atoms with E-state index in [2.05, 4.69) is 20.5 Å². The summed E-state index contributed by atoms with van der Waals surface area (Å²) in [6.45, 7) is 0. The molecule has 0 spiro atoms. The number of para-hydroxylation sites is 1. The monoisotopic (exact) mass is 505 g/mol. The second kappa shape index (κ2) is 8.96. The van der Waals surface area contributed by atoms with Crippen molar-refractivity contribution in [2.75, 3.05) is 11.1 Å². The summed E-state index contributed by atoms with van der Waals surface area (Å²) >= 11 is 5.96. The van der Waals surface area contributed by atoms with Crippen LogP contribution in [0.25, 0.3) is 32.6 Å². The van der Waals surface area contributed by atoms with Gasteiger partial charge >= 0.3 is 0 Å². The summed E-state index contributed by atoms with van der Waals surface area (Å²) < 4.78 is 0. The zero-order chi connectivity index (χ0) is 25.5. The van der Waals surface area contributed by atoms with Crippen LogP contribution in [-0.4, -0.2) is 16.0 Å². The van der Waals surface area contributed by atoms with Crippen molar-refractivity contribution in [2.24, 2.45) is 10.2 Å². The molecule has 0 saturated carbocycles. The van der Waals surface area contributed by atoms with Crippen molar-refractivity contribution in [1.29, 1.82) is 0 Å². The largest absolute Gasteiger partial charge is 0.505 e. The van der Waals surface area contributed by atoms with E-state index in [0.717, 1.165) is 27.2 Å². The smallest absolute Gasteiger partial charge is 0.259 e. The molecule has 6 rings (SSSR count). The number of hydrogen-bond acceptors (Lipinski definition) is 5. The van der Waals surface area contributed by atoms with Gasteiger partial charge in [-0.15, -0.1) is 5.11 Å². The number of benzene rings is 5. The number of carbonyl (C=O) groups excluding carboxylic acids is 1. The van der Waals surface area contributed by atoms with Gasteiger partial charge in [-0.05, 0) is 66.0 Å². The fraction of sp³-hybridized carbons (Fsp3) is 0. The molecule has 0 aliphatic rings. The summed E-state index contributed by atoms with van der Waals surface area (Å²) in [6, 6.07) is 27.2. The van der Waals surface area contributed by atoms with Gasteiger partial charge in [-0.2, -0.15) is 5.11 Å². The van der Waals surface area contributed by atoms with E-state index < -0.39 is 5.91 Å². The molecule has 1 amide bonds. The Morgan fingerprint density at radius 3 is 2.43 bits per heavy atom. The molecule has 7 nitrogen and oxygen atoms in total. The number of aromatic amines is 1. The number of amides is 1. The molecular formula is C29H20ClN5O2. The predicted molar refractivity (Wildman–Crippen MR) is 149 cm³/mol. The third-order valence-corrected chi connectivity index (χ3v) is 6.49. The molecule has 0 unspecified atom stereocenters. The number of hydrogen-bond donors (Lipinski definition) is 4. The summed E-state index contributed by atoms with van der Waals surface area (Å²) in [5.41, 5.74) is 9.51. The zero-order valence-electron chi connectivity index (χ0n) is 19.4. The number of azo groups is 1. The fourth-order valence-corrected chi connectivity index (χ4v) is 4.56. The van der Waals surface area contributed by atoms with Gasteiger partial charge in [0, 0.05) is 38.1 Å². The number of halogens is 1. The first kappa shape index (κ1) is 22.6. The molecule has 0 fully saturated rings. The first-order chi connectivity index (χ1) is 18.0. The number of carbonyl (C=O) groups is 1. The molecule has 0 bridgehead atoms. The molecule has 5 N–H and O–H groups in total. The molecule has 0 atom stereocenters. The quantitative estimate of drug-likeness (QED) is 0.143.